The third kappa shape index (κ3) is 3.46. The molecule has 0 fully saturated rings. The normalized spacial score (nSPS) is 11.5. The summed E-state index contributed by atoms with van der Waals surface area (Å²) in [7, 11) is 1.83. The summed E-state index contributed by atoms with van der Waals surface area (Å²) >= 11 is 0. The summed E-state index contributed by atoms with van der Waals surface area (Å²) < 4.78 is 1.68. The van der Waals surface area contributed by atoms with E-state index in [1.165, 1.54) is 0 Å². The van der Waals surface area contributed by atoms with Gasteiger partial charge in [0.15, 0.2) is 0 Å². The maximum absolute atomic E-state index is 10.7. The molecule has 0 spiro atoms. The first-order chi connectivity index (χ1) is 7.13. The Morgan fingerprint density at radius 2 is 2.47 bits per heavy atom. The first-order valence-corrected chi connectivity index (χ1v) is 4.78. The zero-order valence-electron chi connectivity index (χ0n) is 8.90. The van der Waals surface area contributed by atoms with Crippen molar-refractivity contribution in [2.75, 3.05) is 11.9 Å². The van der Waals surface area contributed by atoms with Gasteiger partial charge in [-0.3, -0.25) is 4.68 Å². The van der Waals surface area contributed by atoms with Crippen LogP contribution in [0.3, 0.4) is 0 Å². The standard InChI is InChI=1S/C10H15N3O2/c1-3-8(10(14)15)4-5-11-9-6-12-13(2)7-9/h4,6-7,11H,3,5H2,1-2H3,(H,14,15). The lowest BCUT2D eigenvalue weighted by Gasteiger charge is -2.00. The summed E-state index contributed by atoms with van der Waals surface area (Å²) in [5.41, 5.74) is 1.31. The van der Waals surface area contributed by atoms with Crippen molar-refractivity contribution >= 4 is 11.7 Å². The molecule has 5 heteroatoms. The van der Waals surface area contributed by atoms with Gasteiger partial charge in [-0.1, -0.05) is 13.0 Å². The Labute approximate surface area is 88.4 Å². The number of aromatic nitrogens is 2. The fraction of sp³-hybridized carbons (Fsp3) is 0.400. The van der Waals surface area contributed by atoms with Gasteiger partial charge in [-0.15, -0.1) is 0 Å². The van der Waals surface area contributed by atoms with Crippen LogP contribution in [-0.4, -0.2) is 27.4 Å². The van der Waals surface area contributed by atoms with Crippen molar-refractivity contribution in [3.05, 3.63) is 24.0 Å². The molecule has 0 bridgehead atoms. The highest BCUT2D eigenvalue weighted by Gasteiger charge is 2.02. The van der Waals surface area contributed by atoms with Crippen molar-refractivity contribution < 1.29 is 9.90 Å². The van der Waals surface area contributed by atoms with Crippen molar-refractivity contribution in [2.24, 2.45) is 7.05 Å². The minimum absolute atomic E-state index is 0.423. The molecule has 15 heavy (non-hydrogen) atoms. The van der Waals surface area contributed by atoms with E-state index < -0.39 is 5.97 Å². The number of anilines is 1. The highest BCUT2D eigenvalue weighted by Crippen LogP contribution is 2.04. The molecule has 0 saturated heterocycles. The third-order valence-corrected chi connectivity index (χ3v) is 2.02. The first kappa shape index (κ1) is 11.3. The number of carboxylic acids is 1. The van der Waals surface area contributed by atoms with E-state index in [0.29, 0.717) is 18.5 Å². The summed E-state index contributed by atoms with van der Waals surface area (Å²) in [6.45, 7) is 2.32. The van der Waals surface area contributed by atoms with Crippen molar-refractivity contribution in [1.29, 1.82) is 0 Å². The van der Waals surface area contributed by atoms with Gasteiger partial charge < -0.3 is 10.4 Å². The summed E-state index contributed by atoms with van der Waals surface area (Å²) in [5, 5.41) is 15.8. The van der Waals surface area contributed by atoms with Crippen molar-refractivity contribution in [3.63, 3.8) is 0 Å². The Bertz CT molecular complexity index is 368. The first-order valence-electron chi connectivity index (χ1n) is 4.78. The fourth-order valence-electron chi connectivity index (χ4n) is 1.19. The zero-order chi connectivity index (χ0) is 11.3. The Morgan fingerprint density at radius 3 is 2.93 bits per heavy atom. The molecule has 0 aliphatic carbocycles. The SMILES string of the molecule is CCC(=CCNc1cnn(C)c1)C(=O)O. The van der Waals surface area contributed by atoms with E-state index in [2.05, 4.69) is 10.4 Å². The van der Waals surface area contributed by atoms with E-state index in [0.717, 1.165) is 5.69 Å². The van der Waals surface area contributed by atoms with Gasteiger partial charge in [-0.25, -0.2) is 4.79 Å². The number of hydrogen-bond donors (Lipinski definition) is 2. The second kappa shape index (κ2) is 5.19. The molecule has 2 N–H and O–H groups in total. The predicted octanol–water partition coefficient (Wildman–Crippen LogP) is 1.25. The van der Waals surface area contributed by atoms with Crippen LogP contribution < -0.4 is 5.32 Å². The van der Waals surface area contributed by atoms with Crippen LogP contribution >= 0.6 is 0 Å². The second-order valence-electron chi connectivity index (χ2n) is 3.17. The molecule has 82 valence electrons. The molecule has 0 amide bonds. The van der Waals surface area contributed by atoms with E-state index in [9.17, 15) is 4.79 Å². The van der Waals surface area contributed by atoms with Crippen LogP contribution in [0.1, 0.15) is 13.3 Å². The number of hydrogen-bond acceptors (Lipinski definition) is 3. The van der Waals surface area contributed by atoms with E-state index >= 15 is 0 Å². The minimum Gasteiger partial charge on any atom is -0.478 e. The summed E-state index contributed by atoms with van der Waals surface area (Å²) in [6, 6.07) is 0. The largest absolute Gasteiger partial charge is 0.478 e. The van der Waals surface area contributed by atoms with Crippen LogP contribution in [0.15, 0.2) is 24.0 Å². The van der Waals surface area contributed by atoms with Crippen LogP contribution in [0.5, 0.6) is 0 Å². The molecule has 1 heterocycles. The van der Waals surface area contributed by atoms with E-state index in [4.69, 9.17) is 5.11 Å². The van der Waals surface area contributed by atoms with Gasteiger partial charge in [0.2, 0.25) is 0 Å². The average Bonchev–Trinajstić information content (AvgIpc) is 2.58. The van der Waals surface area contributed by atoms with Gasteiger partial charge in [-0.2, -0.15) is 5.10 Å². The number of rotatable bonds is 5. The molecule has 0 aliphatic rings. The Kier molecular flexibility index (Phi) is 3.91. The number of aryl methyl sites for hydroxylation is 1. The summed E-state index contributed by atoms with van der Waals surface area (Å²) in [6.07, 6.45) is 5.74. The smallest absolute Gasteiger partial charge is 0.331 e. The van der Waals surface area contributed by atoms with Crippen LogP contribution in [0.4, 0.5) is 5.69 Å². The third-order valence-electron chi connectivity index (χ3n) is 2.02. The molecule has 0 atom stereocenters. The maximum Gasteiger partial charge on any atom is 0.331 e. The molecular weight excluding hydrogens is 194 g/mol. The number of aliphatic carboxylic acids is 1. The van der Waals surface area contributed by atoms with Crippen molar-refractivity contribution in [2.45, 2.75) is 13.3 Å². The number of nitrogens with zero attached hydrogens (tertiary/aromatic N) is 2. The van der Waals surface area contributed by atoms with Crippen LogP contribution in [-0.2, 0) is 11.8 Å². The lowest BCUT2D eigenvalue weighted by Crippen LogP contribution is -2.04. The van der Waals surface area contributed by atoms with Crippen LogP contribution in [0, 0.1) is 0 Å². The monoisotopic (exact) mass is 209 g/mol. The molecule has 0 radical (unpaired) electrons. The van der Waals surface area contributed by atoms with Crippen molar-refractivity contribution in [1.82, 2.24) is 9.78 Å². The lowest BCUT2D eigenvalue weighted by molar-refractivity contribution is -0.132. The summed E-state index contributed by atoms with van der Waals surface area (Å²) in [5.74, 6) is -0.856. The van der Waals surface area contributed by atoms with Crippen molar-refractivity contribution in [3.8, 4) is 0 Å². The highest BCUT2D eigenvalue weighted by atomic mass is 16.4. The Balaban J connectivity index is 2.47. The molecule has 1 aromatic rings. The fourth-order valence-corrected chi connectivity index (χ4v) is 1.19. The topological polar surface area (TPSA) is 67.2 Å². The Hall–Kier alpha value is -1.78. The molecule has 0 aliphatic heterocycles. The van der Waals surface area contributed by atoms with Gasteiger partial charge >= 0.3 is 5.97 Å². The van der Waals surface area contributed by atoms with Gasteiger partial charge in [0.25, 0.3) is 0 Å². The molecule has 1 aromatic heterocycles. The molecule has 5 nitrogen and oxygen atoms in total. The lowest BCUT2D eigenvalue weighted by atomic mass is 10.2. The van der Waals surface area contributed by atoms with Crippen LogP contribution in [0.2, 0.25) is 0 Å². The van der Waals surface area contributed by atoms with E-state index in [-0.39, 0.29) is 0 Å². The van der Waals surface area contributed by atoms with Gasteiger partial charge in [0.1, 0.15) is 0 Å². The molecule has 0 unspecified atom stereocenters. The van der Waals surface area contributed by atoms with E-state index in [1.54, 1.807) is 17.0 Å². The predicted molar refractivity (Wildman–Crippen MR) is 57.7 cm³/mol. The van der Waals surface area contributed by atoms with Gasteiger partial charge in [0, 0.05) is 25.4 Å². The van der Waals surface area contributed by atoms with Gasteiger partial charge in [0.05, 0.1) is 11.9 Å². The molecular formula is C10H15N3O2. The maximum atomic E-state index is 10.7. The number of carbonyl (C=O) groups is 1. The minimum atomic E-state index is -0.856. The highest BCUT2D eigenvalue weighted by molar-refractivity contribution is 5.86. The molecule has 1 rings (SSSR count). The zero-order valence-corrected chi connectivity index (χ0v) is 8.90. The quantitative estimate of drug-likeness (QED) is 0.716. The summed E-state index contributed by atoms with van der Waals surface area (Å²) in [4.78, 5) is 10.7. The number of carboxylic acid groups (broad SMARTS) is 1. The Morgan fingerprint density at radius 1 is 1.73 bits per heavy atom. The molecule has 0 aromatic carbocycles. The second-order valence-corrected chi connectivity index (χ2v) is 3.17. The van der Waals surface area contributed by atoms with Gasteiger partial charge in [-0.05, 0) is 6.42 Å². The average molecular weight is 209 g/mol. The van der Waals surface area contributed by atoms with E-state index in [1.807, 2.05) is 20.2 Å². The van der Waals surface area contributed by atoms with Crippen LogP contribution in [0.25, 0.3) is 0 Å². The number of nitrogens with one attached hydrogen (secondary N) is 1. The molecule has 0 saturated carbocycles.